The number of nitrogens with zero attached hydrogens (tertiary/aromatic N) is 5. The lowest BCUT2D eigenvalue weighted by Gasteiger charge is -2.34. The summed E-state index contributed by atoms with van der Waals surface area (Å²) in [4.78, 5) is 15.1. The van der Waals surface area contributed by atoms with Gasteiger partial charge in [0.2, 0.25) is 0 Å². The van der Waals surface area contributed by atoms with Gasteiger partial charge in [-0.3, -0.25) is 13.8 Å². The van der Waals surface area contributed by atoms with Gasteiger partial charge in [0.1, 0.15) is 0 Å². The van der Waals surface area contributed by atoms with E-state index in [0.717, 1.165) is 65.8 Å². The Kier molecular flexibility index (Phi) is 5.90. The Morgan fingerprint density at radius 3 is 2.54 bits per heavy atom. The van der Waals surface area contributed by atoms with E-state index in [-0.39, 0.29) is 17.2 Å². The minimum Gasteiger partial charge on any atom is -0.381 e. The van der Waals surface area contributed by atoms with E-state index in [0.29, 0.717) is 24.3 Å². The molecular weight excluding hydrogens is 476 g/mol. The molecular formula is C28H31F2N5O2. The summed E-state index contributed by atoms with van der Waals surface area (Å²) in [6, 6.07) is 7.77. The second-order valence-corrected chi connectivity index (χ2v) is 10.2. The van der Waals surface area contributed by atoms with Crippen LogP contribution in [0.15, 0.2) is 41.5 Å². The Labute approximate surface area is 213 Å². The van der Waals surface area contributed by atoms with Gasteiger partial charge in [0.05, 0.1) is 17.2 Å². The zero-order valence-electron chi connectivity index (χ0n) is 21.4. The maximum Gasteiger partial charge on any atom is 0.328 e. The van der Waals surface area contributed by atoms with Crippen LogP contribution in [0, 0.1) is 0 Å². The molecule has 0 saturated carbocycles. The number of imidazole rings is 1. The second-order valence-electron chi connectivity index (χ2n) is 10.2. The Morgan fingerprint density at radius 2 is 1.84 bits per heavy atom. The van der Waals surface area contributed by atoms with Crippen LogP contribution in [0.3, 0.4) is 0 Å². The monoisotopic (exact) mass is 507 g/mol. The number of hydrogen-bond donors (Lipinski definition) is 0. The van der Waals surface area contributed by atoms with E-state index in [1.807, 2.05) is 19.2 Å². The van der Waals surface area contributed by atoms with Crippen LogP contribution in [0.4, 0.5) is 20.2 Å². The molecule has 0 atom stereocenters. The molecule has 194 valence electrons. The van der Waals surface area contributed by atoms with Crippen molar-refractivity contribution in [3.8, 4) is 11.1 Å². The van der Waals surface area contributed by atoms with Crippen LogP contribution >= 0.6 is 0 Å². The summed E-state index contributed by atoms with van der Waals surface area (Å²) >= 11 is 0. The number of alkyl halides is 2. The van der Waals surface area contributed by atoms with Gasteiger partial charge in [-0.05, 0) is 72.6 Å². The molecule has 1 saturated heterocycles. The van der Waals surface area contributed by atoms with Crippen molar-refractivity contribution in [3.63, 3.8) is 0 Å². The normalized spacial score (nSPS) is 16.6. The third-order valence-electron chi connectivity index (χ3n) is 7.97. The predicted octanol–water partition coefficient (Wildman–Crippen LogP) is 5.19. The number of fused-ring (bicyclic) bond motifs is 2. The van der Waals surface area contributed by atoms with E-state index in [1.165, 1.54) is 0 Å². The summed E-state index contributed by atoms with van der Waals surface area (Å²) < 4.78 is 39.3. The van der Waals surface area contributed by atoms with Gasteiger partial charge in [0.15, 0.2) is 0 Å². The Hall–Kier alpha value is -3.46. The van der Waals surface area contributed by atoms with Gasteiger partial charge >= 0.3 is 5.69 Å². The SMILES string of the molecule is Cn1cc(-c2cc3c(cc2C(F)F)N(c2cc(C4CCOCC4)c4c(c2)n(C)c(=O)n4C)CCC3)cn1. The van der Waals surface area contributed by atoms with E-state index < -0.39 is 6.43 Å². The first-order valence-corrected chi connectivity index (χ1v) is 12.8. The van der Waals surface area contributed by atoms with Crippen molar-refractivity contribution in [2.45, 2.75) is 38.0 Å². The van der Waals surface area contributed by atoms with Crippen LogP contribution < -0.4 is 10.6 Å². The van der Waals surface area contributed by atoms with Gasteiger partial charge in [-0.1, -0.05) is 0 Å². The Balaban J connectivity index is 1.53. The van der Waals surface area contributed by atoms with Crippen molar-refractivity contribution in [3.05, 3.63) is 63.8 Å². The maximum absolute atomic E-state index is 14.3. The van der Waals surface area contributed by atoms with Crippen LogP contribution in [0.2, 0.25) is 0 Å². The predicted molar refractivity (Wildman–Crippen MR) is 140 cm³/mol. The van der Waals surface area contributed by atoms with Crippen molar-refractivity contribution in [1.82, 2.24) is 18.9 Å². The zero-order valence-corrected chi connectivity index (χ0v) is 21.4. The average Bonchev–Trinajstić information content (AvgIpc) is 3.44. The molecule has 4 heterocycles. The van der Waals surface area contributed by atoms with E-state index >= 15 is 0 Å². The molecule has 0 spiro atoms. The molecule has 6 rings (SSSR count). The summed E-state index contributed by atoms with van der Waals surface area (Å²) in [5.41, 5.74) is 6.90. The van der Waals surface area contributed by atoms with Crippen LogP contribution in [-0.4, -0.2) is 38.7 Å². The fourth-order valence-corrected chi connectivity index (χ4v) is 6.05. The summed E-state index contributed by atoms with van der Waals surface area (Å²) in [7, 11) is 5.40. The van der Waals surface area contributed by atoms with Crippen LogP contribution in [-0.2, 0) is 32.3 Å². The lowest BCUT2D eigenvalue weighted by atomic mass is 9.89. The topological polar surface area (TPSA) is 57.2 Å². The largest absolute Gasteiger partial charge is 0.381 e. The third kappa shape index (κ3) is 3.96. The van der Waals surface area contributed by atoms with E-state index in [9.17, 15) is 13.6 Å². The molecule has 37 heavy (non-hydrogen) atoms. The summed E-state index contributed by atoms with van der Waals surface area (Å²) in [6.07, 6.45) is 4.31. The summed E-state index contributed by atoms with van der Waals surface area (Å²) in [5, 5.41) is 4.19. The van der Waals surface area contributed by atoms with Gasteiger partial charge < -0.3 is 9.64 Å². The number of hydrogen-bond acceptors (Lipinski definition) is 4. The highest BCUT2D eigenvalue weighted by atomic mass is 19.3. The first kappa shape index (κ1) is 23.9. The number of rotatable bonds is 4. The van der Waals surface area contributed by atoms with Crippen LogP contribution in [0.25, 0.3) is 22.2 Å². The minimum atomic E-state index is -2.61. The Bertz CT molecular complexity index is 1540. The van der Waals surface area contributed by atoms with Crippen molar-refractivity contribution in [1.29, 1.82) is 0 Å². The molecule has 7 nitrogen and oxygen atoms in total. The van der Waals surface area contributed by atoms with Crippen molar-refractivity contribution < 1.29 is 13.5 Å². The fraction of sp³-hybridized carbons (Fsp3) is 0.429. The van der Waals surface area contributed by atoms with Crippen molar-refractivity contribution in [2.24, 2.45) is 21.1 Å². The quantitative estimate of drug-likeness (QED) is 0.381. The molecule has 9 heteroatoms. The number of anilines is 2. The molecule has 0 unspecified atom stereocenters. The highest BCUT2D eigenvalue weighted by molar-refractivity contribution is 5.87. The lowest BCUT2D eigenvalue weighted by Crippen LogP contribution is -2.25. The average molecular weight is 508 g/mol. The molecule has 0 aliphatic carbocycles. The van der Waals surface area contributed by atoms with Gasteiger partial charge in [0, 0.05) is 69.6 Å². The third-order valence-corrected chi connectivity index (χ3v) is 7.97. The first-order valence-electron chi connectivity index (χ1n) is 12.8. The van der Waals surface area contributed by atoms with E-state index in [1.54, 1.807) is 46.4 Å². The van der Waals surface area contributed by atoms with Crippen molar-refractivity contribution >= 4 is 22.4 Å². The highest BCUT2D eigenvalue weighted by Gasteiger charge is 2.28. The highest BCUT2D eigenvalue weighted by Crippen LogP contribution is 2.43. The number of ether oxygens (including phenoxy) is 1. The van der Waals surface area contributed by atoms with Crippen molar-refractivity contribution in [2.75, 3.05) is 24.7 Å². The Morgan fingerprint density at radius 1 is 1.05 bits per heavy atom. The lowest BCUT2D eigenvalue weighted by molar-refractivity contribution is 0.0855. The molecule has 2 aliphatic rings. The molecule has 0 radical (unpaired) electrons. The van der Waals surface area contributed by atoms with Gasteiger partial charge in [0.25, 0.3) is 6.43 Å². The zero-order chi connectivity index (χ0) is 25.8. The standard InChI is InChI=1S/C28H31F2N5O2/c1-32-16-19(15-31-32)21-11-18-5-4-8-35(24(18)14-23(21)27(29)30)20-12-22(17-6-9-37-10-7-17)26-25(13-20)33(2)28(36)34(26)3/h11-17,27H,4-10H2,1-3H3. The summed E-state index contributed by atoms with van der Waals surface area (Å²) in [5.74, 6) is 0.276. The molecule has 1 fully saturated rings. The first-order chi connectivity index (χ1) is 17.8. The van der Waals surface area contributed by atoms with Crippen LogP contribution in [0.5, 0.6) is 0 Å². The van der Waals surface area contributed by atoms with Gasteiger partial charge in [-0.25, -0.2) is 13.6 Å². The molecule has 0 amide bonds. The number of aromatic nitrogens is 4. The fourth-order valence-electron chi connectivity index (χ4n) is 6.05. The van der Waals surface area contributed by atoms with Gasteiger partial charge in [-0.15, -0.1) is 0 Å². The number of benzene rings is 2. The molecule has 2 aromatic heterocycles. The second kappa shape index (κ2) is 9.13. The molecule has 0 N–H and O–H groups in total. The smallest absolute Gasteiger partial charge is 0.328 e. The molecule has 2 aromatic carbocycles. The maximum atomic E-state index is 14.3. The molecule has 0 bridgehead atoms. The number of halogens is 2. The minimum absolute atomic E-state index is 0.0106. The summed E-state index contributed by atoms with van der Waals surface area (Å²) in [6.45, 7) is 2.11. The molecule has 2 aliphatic heterocycles. The van der Waals surface area contributed by atoms with E-state index in [4.69, 9.17) is 4.74 Å². The van der Waals surface area contributed by atoms with Gasteiger partial charge in [-0.2, -0.15) is 5.10 Å². The van der Waals surface area contributed by atoms with Crippen LogP contribution in [0.1, 0.15) is 48.3 Å². The number of aryl methyl sites for hydroxylation is 4. The van der Waals surface area contributed by atoms with E-state index in [2.05, 4.69) is 16.1 Å². The molecule has 4 aromatic rings.